The Morgan fingerprint density at radius 1 is 1.20 bits per heavy atom. The molecule has 29 valence electrons. The van der Waals surface area contributed by atoms with E-state index in [-0.39, 0.29) is 36.0 Å². The molecule has 0 N–H and O–H groups in total. The van der Waals surface area contributed by atoms with Crippen molar-refractivity contribution in [3.05, 3.63) is 0 Å². The van der Waals surface area contributed by atoms with Gasteiger partial charge in [-0.3, -0.25) is 0 Å². The molecule has 0 saturated carbocycles. The third-order valence-electron chi connectivity index (χ3n) is 0. The molecule has 0 aromatic carbocycles. The van der Waals surface area contributed by atoms with Crippen molar-refractivity contribution in [3.63, 3.8) is 0 Å². The Bertz CT molecular complexity index is 30.6. The van der Waals surface area contributed by atoms with Crippen molar-refractivity contribution in [2.45, 2.75) is 0 Å². The van der Waals surface area contributed by atoms with Crippen LogP contribution in [0.2, 0.25) is 0 Å². The van der Waals surface area contributed by atoms with E-state index in [9.17, 15) is 0 Å². The molecule has 0 fully saturated rings. The summed E-state index contributed by atoms with van der Waals surface area (Å²) in [6.45, 7) is 0. The van der Waals surface area contributed by atoms with Crippen LogP contribution in [0.1, 0.15) is 0 Å². The Hall–Kier alpha value is 1.15. The van der Waals surface area contributed by atoms with E-state index in [1.165, 1.54) is 0 Å². The minimum Gasteiger partial charge on any atom is 0 e. The molecule has 0 saturated heterocycles. The largest absolute Gasteiger partial charge is 0 e. The molecule has 0 atom stereocenters. The predicted molar refractivity (Wildman–Crippen MR) is 8.29 cm³/mol. The van der Waals surface area contributed by atoms with Gasteiger partial charge in [0.25, 0.3) is 0 Å². The summed E-state index contributed by atoms with van der Waals surface area (Å²) in [7, 11) is -1.08. The van der Waals surface area contributed by atoms with E-state index >= 15 is 0 Å². The Kier molecular flexibility index (Phi) is 63.2. The average molecular weight is 187 g/mol. The maximum absolute atomic E-state index is 8.35. The first-order chi connectivity index (χ1) is 1.41. The monoisotopic (exact) mass is 185 g/mol. The van der Waals surface area contributed by atoms with Gasteiger partial charge in [-0.05, 0) is 0 Å². The van der Waals surface area contributed by atoms with Gasteiger partial charge in [0.2, 0.25) is 0 Å². The summed E-state index contributed by atoms with van der Waals surface area (Å²) in [5, 5.41) is 0. The van der Waals surface area contributed by atoms with Crippen molar-refractivity contribution < 1.29 is 45.1 Å². The van der Waals surface area contributed by atoms with Crippen LogP contribution in [0.15, 0.2) is 0 Å². The molecule has 0 rings (SSSR count). The molecule has 0 spiro atoms. The van der Waals surface area contributed by atoms with Crippen molar-refractivity contribution in [3.8, 4) is 0 Å². The SMILES string of the molecule is O=[P]=O.[Ni].[Zn]. The maximum atomic E-state index is 8.35. The minimum atomic E-state index is -1.08. The predicted octanol–water partition coefficient (Wildman–Crippen LogP) is 0.619. The van der Waals surface area contributed by atoms with Gasteiger partial charge in [-0.25, -0.2) is 0 Å². The van der Waals surface area contributed by atoms with Gasteiger partial charge in [0.05, 0.1) is 0 Å². The molecule has 0 bridgehead atoms. The van der Waals surface area contributed by atoms with Crippen molar-refractivity contribution in [1.82, 2.24) is 0 Å². The summed E-state index contributed by atoms with van der Waals surface area (Å²) in [4.78, 5) is 0. The van der Waals surface area contributed by atoms with E-state index in [1.807, 2.05) is 0 Å². The molecule has 5 heteroatoms. The van der Waals surface area contributed by atoms with E-state index in [0.717, 1.165) is 0 Å². The van der Waals surface area contributed by atoms with Crippen LogP contribution in [-0.2, 0) is 45.1 Å². The Labute approximate surface area is 53.6 Å². The summed E-state index contributed by atoms with van der Waals surface area (Å²) < 4.78 is 16.7. The van der Waals surface area contributed by atoms with Crippen LogP contribution in [0.4, 0.5) is 0 Å². The first-order valence-electron chi connectivity index (χ1n) is 0.365. The minimum absolute atomic E-state index is 0. The average Bonchev–Trinajstić information content (AvgIpc) is 0.918. The third-order valence-corrected chi connectivity index (χ3v) is 0. The van der Waals surface area contributed by atoms with Gasteiger partial charge in [-0.15, -0.1) is 0 Å². The molecular weight excluding hydrogens is 187 g/mol. The number of hydrogen-bond acceptors (Lipinski definition) is 2. The van der Waals surface area contributed by atoms with Crippen molar-refractivity contribution in [2.75, 3.05) is 0 Å². The van der Waals surface area contributed by atoms with Crippen LogP contribution >= 0.6 is 8.34 Å². The molecule has 0 amide bonds. The second-order valence-corrected chi connectivity index (χ2v) is 0.224. The van der Waals surface area contributed by atoms with E-state index in [1.54, 1.807) is 0 Å². The molecule has 5 heavy (non-hydrogen) atoms. The second kappa shape index (κ2) is 19.2. The molecule has 0 aliphatic rings. The molecule has 0 aromatic heterocycles. The third kappa shape index (κ3) is 38.7. The van der Waals surface area contributed by atoms with Crippen molar-refractivity contribution in [1.29, 1.82) is 0 Å². The quantitative estimate of drug-likeness (QED) is 0.411. The molecule has 2 nitrogen and oxygen atoms in total. The molecule has 0 aromatic rings. The van der Waals surface area contributed by atoms with Crippen LogP contribution in [0.3, 0.4) is 0 Å². The Balaban J connectivity index is -0.0000000200. The van der Waals surface area contributed by atoms with Gasteiger partial charge >= 0.3 is 17.5 Å². The number of rotatable bonds is 0. The summed E-state index contributed by atoms with van der Waals surface area (Å²) in [5.41, 5.74) is 0. The molecule has 0 heterocycles. The smallest absolute Gasteiger partial charge is 0 e. The molecule has 1 radical (unpaired) electrons. The second-order valence-electron chi connectivity index (χ2n) is 0.0745. The van der Waals surface area contributed by atoms with E-state index < -0.39 is 8.34 Å². The first kappa shape index (κ1) is 16.4. The fourth-order valence-electron chi connectivity index (χ4n) is 0. The van der Waals surface area contributed by atoms with Crippen molar-refractivity contribution >= 4 is 8.34 Å². The van der Waals surface area contributed by atoms with Gasteiger partial charge in [-0.2, -0.15) is 0 Å². The molecule has 0 aliphatic heterocycles. The molecular formula is NiO2PZn. The standard InChI is InChI=1S/Ni.O2P.Zn/c;1-3-2;. The zero-order valence-corrected chi connectivity index (χ0v) is 7.14. The van der Waals surface area contributed by atoms with E-state index in [0.29, 0.717) is 0 Å². The maximum Gasteiger partial charge on any atom is 0 e. The summed E-state index contributed by atoms with van der Waals surface area (Å²) in [5.74, 6) is 0. The zero-order chi connectivity index (χ0) is 2.71. The van der Waals surface area contributed by atoms with Gasteiger partial charge in [0.1, 0.15) is 0 Å². The van der Waals surface area contributed by atoms with E-state index in [2.05, 4.69) is 0 Å². The van der Waals surface area contributed by atoms with Crippen LogP contribution in [-0.4, -0.2) is 0 Å². The normalized spacial score (nSPS) is 1.60. The van der Waals surface area contributed by atoms with E-state index in [4.69, 9.17) is 9.13 Å². The van der Waals surface area contributed by atoms with Crippen LogP contribution in [0.5, 0.6) is 0 Å². The van der Waals surface area contributed by atoms with Gasteiger partial charge < -0.3 is 0 Å². The van der Waals surface area contributed by atoms with Gasteiger partial charge in [-0.1, -0.05) is 0 Å². The fourth-order valence-corrected chi connectivity index (χ4v) is 0. The summed E-state index contributed by atoms with van der Waals surface area (Å²) in [6, 6.07) is 0. The molecule has 0 unspecified atom stereocenters. The Morgan fingerprint density at radius 2 is 1.20 bits per heavy atom. The molecule has 0 aliphatic carbocycles. The van der Waals surface area contributed by atoms with Crippen LogP contribution < -0.4 is 0 Å². The topological polar surface area (TPSA) is 34.1 Å². The zero-order valence-electron chi connectivity index (χ0n) is 2.29. The Morgan fingerprint density at radius 3 is 1.20 bits per heavy atom. The van der Waals surface area contributed by atoms with Crippen LogP contribution in [0.25, 0.3) is 0 Å². The summed E-state index contributed by atoms with van der Waals surface area (Å²) >= 11 is 0. The van der Waals surface area contributed by atoms with Crippen LogP contribution in [0, 0.1) is 0 Å². The number of hydrogen-bond donors (Lipinski definition) is 0. The summed E-state index contributed by atoms with van der Waals surface area (Å²) in [6.07, 6.45) is 0. The van der Waals surface area contributed by atoms with Gasteiger partial charge in [0, 0.05) is 36.0 Å². The first-order valence-corrected chi connectivity index (χ1v) is 1.10. The van der Waals surface area contributed by atoms with Gasteiger partial charge in [0.15, 0.2) is 0 Å². The fraction of sp³-hybridized carbons (Fsp3) is 0. The van der Waals surface area contributed by atoms with Crippen molar-refractivity contribution in [2.24, 2.45) is 0 Å².